The molecule has 1 fully saturated rings. The Morgan fingerprint density at radius 1 is 1.20 bits per heavy atom. The van der Waals surface area contributed by atoms with E-state index >= 15 is 0 Å². The number of hydrogen-bond donors (Lipinski definition) is 2. The molecule has 0 amide bonds. The third-order valence-electron chi connectivity index (χ3n) is 5.60. The van der Waals surface area contributed by atoms with E-state index in [0.29, 0.717) is 22.6 Å². The number of hydrogen-bond acceptors (Lipinski definition) is 5. The lowest BCUT2D eigenvalue weighted by molar-refractivity contribution is 0.0696. The Balaban J connectivity index is 1.52. The summed E-state index contributed by atoms with van der Waals surface area (Å²) in [7, 11) is 0. The van der Waals surface area contributed by atoms with Gasteiger partial charge in [0.15, 0.2) is 0 Å². The van der Waals surface area contributed by atoms with Crippen LogP contribution in [0.2, 0.25) is 0 Å². The monoisotopic (exact) mass is 410 g/mol. The van der Waals surface area contributed by atoms with Crippen molar-refractivity contribution in [2.24, 2.45) is 0 Å². The van der Waals surface area contributed by atoms with Gasteiger partial charge in [0.25, 0.3) is 0 Å². The topological polar surface area (TPSA) is 88.0 Å². The summed E-state index contributed by atoms with van der Waals surface area (Å²) >= 11 is 0. The van der Waals surface area contributed by atoms with Crippen molar-refractivity contribution in [2.75, 3.05) is 11.9 Å². The van der Waals surface area contributed by atoms with E-state index in [1.807, 2.05) is 0 Å². The van der Waals surface area contributed by atoms with Crippen LogP contribution in [0.25, 0.3) is 11.3 Å². The van der Waals surface area contributed by atoms with Gasteiger partial charge in [0.05, 0.1) is 17.0 Å². The highest BCUT2D eigenvalue weighted by Crippen LogP contribution is 2.45. The zero-order valence-corrected chi connectivity index (χ0v) is 16.3. The van der Waals surface area contributed by atoms with Gasteiger partial charge in [-0.1, -0.05) is 12.1 Å². The van der Waals surface area contributed by atoms with Crippen LogP contribution in [0, 0.1) is 12.7 Å². The molecule has 2 aromatic heterocycles. The summed E-state index contributed by atoms with van der Waals surface area (Å²) in [6.07, 6.45) is 0.918. The molecule has 1 aliphatic carbocycles. The van der Waals surface area contributed by atoms with Crippen molar-refractivity contribution < 1.29 is 18.7 Å². The Labute approximate surface area is 172 Å². The Morgan fingerprint density at radius 2 is 2.00 bits per heavy atom. The molecule has 8 heteroatoms. The number of aromatic carboxylic acids is 1. The lowest BCUT2D eigenvalue weighted by Gasteiger charge is -2.44. The first-order valence-electron chi connectivity index (χ1n) is 9.55. The van der Waals surface area contributed by atoms with Gasteiger partial charge >= 0.3 is 5.97 Å². The number of rotatable bonds is 6. The fraction of sp³-hybridized carbons (Fsp3) is 0.273. The van der Waals surface area contributed by atoms with Gasteiger partial charge in [-0.15, -0.1) is 10.2 Å². The Bertz CT molecular complexity index is 1080. The Morgan fingerprint density at radius 3 is 2.63 bits per heavy atom. The van der Waals surface area contributed by atoms with Crippen molar-refractivity contribution in [1.29, 1.82) is 0 Å². The van der Waals surface area contributed by atoms with E-state index in [0.717, 1.165) is 0 Å². The Hall–Kier alpha value is -3.42. The van der Waals surface area contributed by atoms with Gasteiger partial charge in [-0.2, -0.15) is 0 Å². The number of carboxylic acids is 1. The maximum Gasteiger partial charge on any atom is 0.335 e. The molecule has 3 aromatic rings. The molecule has 154 valence electrons. The highest BCUT2D eigenvalue weighted by atomic mass is 19.1. The summed E-state index contributed by atoms with van der Waals surface area (Å²) in [5, 5.41) is 20.7. The molecule has 4 rings (SSSR count). The summed E-state index contributed by atoms with van der Waals surface area (Å²) in [6, 6.07) is 11.3. The molecule has 0 spiro atoms. The first-order valence-corrected chi connectivity index (χ1v) is 9.55. The predicted molar refractivity (Wildman–Crippen MR) is 108 cm³/mol. The fourth-order valence-electron chi connectivity index (χ4n) is 3.96. The second-order valence-electron chi connectivity index (χ2n) is 7.56. The molecule has 0 bridgehead atoms. The minimum atomic E-state index is -1.00. The molecular formula is C22H20F2N4O2. The number of pyridine rings is 1. The van der Waals surface area contributed by atoms with Crippen molar-refractivity contribution in [3.8, 4) is 11.3 Å². The maximum absolute atomic E-state index is 14.2. The SMILES string of the molecule is Cc1c(C(=O)O)cccc1-c1ccc(NCC2(c3ncccc3F)CC(F)C2)nn1. The first kappa shape index (κ1) is 19.9. The molecule has 0 aliphatic heterocycles. The fourth-order valence-corrected chi connectivity index (χ4v) is 3.96. The molecular weight excluding hydrogens is 390 g/mol. The molecule has 30 heavy (non-hydrogen) atoms. The Kier molecular flexibility index (Phi) is 5.15. The van der Waals surface area contributed by atoms with Crippen LogP contribution < -0.4 is 5.32 Å². The van der Waals surface area contributed by atoms with Gasteiger partial charge in [0.2, 0.25) is 0 Å². The van der Waals surface area contributed by atoms with E-state index in [4.69, 9.17) is 0 Å². The number of benzene rings is 1. The second-order valence-corrected chi connectivity index (χ2v) is 7.56. The number of carbonyl (C=O) groups is 1. The van der Waals surface area contributed by atoms with E-state index in [1.54, 1.807) is 31.2 Å². The highest BCUT2D eigenvalue weighted by molar-refractivity contribution is 5.91. The largest absolute Gasteiger partial charge is 0.478 e. The van der Waals surface area contributed by atoms with Gasteiger partial charge < -0.3 is 10.4 Å². The van der Waals surface area contributed by atoms with E-state index < -0.39 is 23.4 Å². The number of anilines is 1. The van der Waals surface area contributed by atoms with Crippen LogP contribution in [0.5, 0.6) is 0 Å². The molecule has 6 nitrogen and oxygen atoms in total. The average Bonchev–Trinajstić information content (AvgIpc) is 2.71. The molecule has 2 heterocycles. The van der Waals surface area contributed by atoms with Crippen LogP contribution >= 0.6 is 0 Å². The van der Waals surface area contributed by atoms with Crippen LogP contribution in [0.1, 0.15) is 34.5 Å². The molecule has 1 saturated carbocycles. The van der Waals surface area contributed by atoms with Gasteiger partial charge in [-0.3, -0.25) is 4.98 Å². The summed E-state index contributed by atoms with van der Waals surface area (Å²) in [5.74, 6) is -0.982. The van der Waals surface area contributed by atoms with Gasteiger partial charge in [-0.25, -0.2) is 13.6 Å². The number of alkyl halides is 1. The summed E-state index contributed by atoms with van der Waals surface area (Å²) in [4.78, 5) is 15.5. The zero-order chi connectivity index (χ0) is 21.3. The summed E-state index contributed by atoms with van der Waals surface area (Å²) in [5.41, 5.74) is 1.57. The molecule has 0 atom stereocenters. The van der Waals surface area contributed by atoms with Crippen LogP contribution in [0.3, 0.4) is 0 Å². The third-order valence-corrected chi connectivity index (χ3v) is 5.60. The first-order chi connectivity index (χ1) is 14.4. The minimum absolute atomic E-state index is 0.195. The van der Waals surface area contributed by atoms with Crippen molar-refractivity contribution in [3.63, 3.8) is 0 Å². The molecule has 1 aliphatic rings. The van der Waals surface area contributed by atoms with Gasteiger partial charge in [0, 0.05) is 23.7 Å². The second kappa shape index (κ2) is 7.78. The molecule has 1 aromatic carbocycles. The van der Waals surface area contributed by atoms with Crippen LogP contribution in [0.15, 0.2) is 48.7 Å². The normalized spacial score (nSPS) is 20.4. The smallest absolute Gasteiger partial charge is 0.335 e. The van der Waals surface area contributed by atoms with Gasteiger partial charge in [0.1, 0.15) is 17.8 Å². The summed E-state index contributed by atoms with van der Waals surface area (Å²) in [6.45, 7) is 2.00. The van der Waals surface area contributed by atoms with Crippen LogP contribution in [-0.4, -0.2) is 39.0 Å². The molecule has 0 unspecified atom stereocenters. The number of aromatic nitrogens is 3. The van der Waals surface area contributed by atoms with Gasteiger partial charge in [-0.05, 0) is 55.7 Å². The predicted octanol–water partition coefficient (Wildman–Crippen LogP) is 4.17. The van der Waals surface area contributed by atoms with Crippen molar-refractivity contribution in [3.05, 3.63) is 71.3 Å². The van der Waals surface area contributed by atoms with Crippen LogP contribution in [-0.2, 0) is 5.41 Å². The lowest BCUT2D eigenvalue weighted by Crippen LogP contribution is -2.49. The quantitative estimate of drug-likeness (QED) is 0.634. The van der Waals surface area contributed by atoms with Crippen molar-refractivity contribution in [2.45, 2.75) is 31.4 Å². The molecule has 0 saturated heterocycles. The number of carboxylic acid groups (broad SMARTS) is 1. The minimum Gasteiger partial charge on any atom is -0.478 e. The average molecular weight is 410 g/mol. The number of halogens is 2. The van der Waals surface area contributed by atoms with Crippen LogP contribution in [0.4, 0.5) is 14.6 Å². The van der Waals surface area contributed by atoms with E-state index in [1.165, 1.54) is 24.4 Å². The van der Waals surface area contributed by atoms with E-state index in [9.17, 15) is 18.7 Å². The number of nitrogens with one attached hydrogen (secondary N) is 1. The maximum atomic E-state index is 14.2. The molecule has 0 radical (unpaired) electrons. The zero-order valence-electron chi connectivity index (χ0n) is 16.3. The van der Waals surface area contributed by atoms with E-state index in [2.05, 4.69) is 20.5 Å². The highest BCUT2D eigenvalue weighted by Gasteiger charge is 2.48. The third kappa shape index (κ3) is 3.60. The molecule has 2 N–H and O–H groups in total. The standard InChI is InChI=1S/C22H20F2N4O2/c1-13-15(4-2-5-16(13)21(29)30)18-7-8-19(28-27-18)26-12-22(10-14(23)11-22)20-17(24)6-3-9-25-20/h2-9,14H,10-12H2,1H3,(H,26,28)(H,29,30). The van der Waals surface area contributed by atoms with Crippen molar-refractivity contribution >= 4 is 11.8 Å². The summed E-state index contributed by atoms with van der Waals surface area (Å²) < 4.78 is 27.9. The number of nitrogens with zero attached hydrogens (tertiary/aromatic N) is 3. The lowest BCUT2D eigenvalue weighted by atomic mass is 9.65. The van der Waals surface area contributed by atoms with Crippen molar-refractivity contribution in [1.82, 2.24) is 15.2 Å². The van der Waals surface area contributed by atoms with E-state index in [-0.39, 0.29) is 30.6 Å².